The highest BCUT2D eigenvalue weighted by Crippen LogP contribution is 2.37. The van der Waals surface area contributed by atoms with Crippen molar-refractivity contribution in [3.8, 4) is 28.5 Å². The molecule has 2 N–H and O–H groups in total. The van der Waals surface area contributed by atoms with Crippen LogP contribution in [0.4, 0.5) is 18.9 Å². The zero-order valence-electron chi connectivity index (χ0n) is 21.0. The summed E-state index contributed by atoms with van der Waals surface area (Å²) < 4.78 is 52.6. The van der Waals surface area contributed by atoms with E-state index in [0.29, 0.717) is 35.0 Å². The number of carbonyl (C=O) groups is 1. The molecule has 0 atom stereocenters. The topological polar surface area (TPSA) is 98.4 Å². The Hall–Kier alpha value is -5.06. The maximum absolute atomic E-state index is 13.0. The number of alkyl halides is 3. The number of aromatic nitrogens is 3. The smallest absolute Gasteiger partial charge is 0.454 e. The summed E-state index contributed by atoms with van der Waals surface area (Å²) in [7, 11) is 0. The number of hydrogen-bond acceptors (Lipinski definition) is 6. The fraction of sp³-hybridized carbons (Fsp3) is 0.138. The lowest BCUT2D eigenvalue weighted by molar-refractivity contribution is -0.274. The number of benzene rings is 3. The minimum absolute atomic E-state index is 0.168. The van der Waals surface area contributed by atoms with E-state index in [-0.39, 0.29) is 12.5 Å². The van der Waals surface area contributed by atoms with Gasteiger partial charge in [0.05, 0.1) is 16.7 Å². The Kier molecular flexibility index (Phi) is 6.25. The Bertz CT molecular complexity index is 1750. The van der Waals surface area contributed by atoms with E-state index in [2.05, 4.69) is 15.0 Å². The highest BCUT2D eigenvalue weighted by Gasteiger charge is 2.31. The molecule has 202 valence electrons. The molecular formula is C29H21F3N4O4. The van der Waals surface area contributed by atoms with Gasteiger partial charge < -0.3 is 24.5 Å². The van der Waals surface area contributed by atoms with Crippen LogP contribution < -0.4 is 19.5 Å². The van der Waals surface area contributed by atoms with Crippen molar-refractivity contribution < 1.29 is 32.2 Å². The number of fused-ring (bicyclic) bond motifs is 2. The van der Waals surface area contributed by atoms with Gasteiger partial charge in [0.25, 0.3) is 5.91 Å². The molecule has 2 aromatic heterocycles. The quantitative estimate of drug-likeness (QED) is 0.256. The van der Waals surface area contributed by atoms with Crippen molar-refractivity contribution in [2.45, 2.75) is 19.7 Å². The molecule has 11 heteroatoms. The Labute approximate surface area is 225 Å². The molecule has 3 heterocycles. The van der Waals surface area contributed by atoms with Crippen LogP contribution in [0.15, 0.2) is 72.9 Å². The Balaban J connectivity index is 1.27. The van der Waals surface area contributed by atoms with E-state index in [0.717, 1.165) is 39.9 Å². The highest BCUT2D eigenvalue weighted by atomic mass is 19.4. The first-order valence-electron chi connectivity index (χ1n) is 12.2. The molecule has 0 saturated heterocycles. The summed E-state index contributed by atoms with van der Waals surface area (Å²) in [4.78, 5) is 25.7. The van der Waals surface area contributed by atoms with Crippen LogP contribution in [-0.4, -0.2) is 34.0 Å². The van der Waals surface area contributed by atoms with Gasteiger partial charge in [-0.2, -0.15) is 0 Å². The van der Waals surface area contributed by atoms with E-state index in [1.54, 1.807) is 24.4 Å². The van der Waals surface area contributed by atoms with E-state index in [9.17, 15) is 18.0 Å². The first-order valence-corrected chi connectivity index (χ1v) is 12.2. The van der Waals surface area contributed by atoms with Crippen LogP contribution in [0.1, 0.15) is 27.3 Å². The summed E-state index contributed by atoms with van der Waals surface area (Å²) in [5.74, 6) is 0.963. The number of aryl methyl sites for hydroxylation is 1. The Morgan fingerprint density at radius 2 is 1.88 bits per heavy atom. The third kappa shape index (κ3) is 5.26. The predicted molar refractivity (Wildman–Crippen MR) is 141 cm³/mol. The van der Waals surface area contributed by atoms with Crippen molar-refractivity contribution in [2.24, 2.45) is 0 Å². The molecule has 8 nitrogen and oxygen atoms in total. The minimum atomic E-state index is -4.83. The maximum atomic E-state index is 13.0. The van der Waals surface area contributed by atoms with Crippen molar-refractivity contribution >= 4 is 22.6 Å². The number of aromatic amines is 1. The molecule has 1 aliphatic rings. The molecule has 1 aliphatic heterocycles. The van der Waals surface area contributed by atoms with Gasteiger partial charge in [0.15, 0.2) is 11.5 Å². The lowest BCUT2D eigenvalue weighted by Gasteiger charge is -2.12. The number of nitrogens with one attached hydrogen (secondary N) is 2. The average Bonchev–Trinajstić information content (AvgIpc) is 3.58. The number of ether oxygens (including phenoxy) is 3. The van der Waals surface area contributed by atoms with Gasteiger partial charge in [-0.3, -0.25) is 4.79 Å². The van der Waals surface area contributed by atoms with Gasteiger partial charge in [-0.1, -0.05) is 12.1 Å². The van der Waals surface area contributed by atoms with Crippen LogP contribution in [0.3, 0.4) is 0 Å². The van der Waals surface area contributed by atoms with Crippen molar-refractivity contribution in [3.63, 3.8) is 0 Å². The number of nitrogens with zero attached hydrogens (tertiary/aromatic N) is 2. The van der Waals surface area contributed by atoms with Crippen molar-refractivity contribution in [3.05, 3.63) is 95.4 Å². The largest absolute Gasteiger partial charge is 0.573 e. The molecule has 3 aromatic carbocycles. The molecule has 0 aliphatic carbocycles. The first-order chi connectivity index (χ1) is 19.2. The number of rotatable bonds is 6. The Morgan fingerprint density at radius 3 is 2.73 bits per heavy atom. The SMILES string of the molecule is Cc1ccc(C(=O)Nc2cccc(OC(F)(F)F)c2)cc1Cc1nc(-c2ccc3c(c2)OCO3)c2[nH]ccc2n1. The highest BCUT2D eigenvalue weighted by molar-refractivity contribution is 6.04. The fourth-order valence-electron chi connectivity index (χ4n) is 4.47. The predicted octanol–water partition coefficient (Wildman–Crippen LogP) is 6.40. The monoisotopic (exact) mass is 546 g/mol. The summed E-state index contributed by atoms with van der Waals surface area (Å²) in [6, 6.07) is 17.8. The van der Waals surface area contributed by atoms with Crippen LogP contribution in [0, 0.1) is 6.92 Å². The minimum Gasteiger partial charge on any atom is -0.454 e. The molecule has 40 heavy (non-hydrogen) atoms. The molecule has 1 amide bonds. The second-order valence-electron chi connectivity index (χ2n) is 9.14. The summed E-state index contributed by atoms with van der Waals surface area (Å²) in [5, 5.41) is 2.62. The fourth-order valence-corrected chi connectivity index (χ4v) is 4.47. The number of H-pyrrole nitrogens is 1. The zero-order chi connectivity index (χ0) is 27.9. The van der Waals surface area contributed by atoms with E-state index in [4.69, 9.17) is 19.4 Å². The molecule has 5 aromatic rings. The lowest BCUT2D eigenvalue weighted by atomic mass is 10.0. The van der Waals surface area contributed by atoms with Crippen molar-refractivity contribution in [2.75, 3.05) is 12.1 Å². The second-order valence-corrected chi connectivity index (χ2v) is 9.14. The number of halogens is 3. The van der Waals surface area contributed by atoms with Gasteiger partial charge in [-0.25, -0.2) is 9.97 Å². The molecule has 0 spiro atoms. The van der Waals surface area contributed by atoms with E-state index in [1.165, 1.54) is 12.1 Å². The molecule has 0 fully saturated rings. The van der Waals surface area contributed by atoms with Crippen LogP contribution in [0.2, 0.25) is 0 Å². The van der Waals surface area contributed by atoms with E-state index >= 15 is 0 Å². The Morgan fingerprint density at radius 1 is 1.02 bits per heavy atom. The molecule has 0 bridgehead atoms. The van der Waals surface area contributed by atoms with E-state index < -0.39 is 18.0 Å². The second kappa shape index (κ2) is 9.92. The number of carbonyl (C=O) groups excluding carboxylic acids is 1. The molecule has 0 radical (unpaired) electrons. The van der Waals surface area contributed by atoms with Crippen LogP contribution >= 0.6 is 0 Å². The van der Waals surface area contributed by atoms with E-state index in [1.807, 2.05) is 31.2 Å². The van der Waals surface area contributed by atoms with Crippen LogP contribution in [-0.2, 0) is 6.42 Å². The third-order valence-electron chi connectivity index (χ3n) is 6.38. The van der Waals surface area contributed by atoms with Gasteiger partial charge in [0.1, 0.15) is 11.6 Å². The van der Waals surface area contributed by atoms with Gasteiger partial charge in [-0.15, -0.1) is 13.2 Å². The standard InChI is InChI=1S/C29H21F3N4O4/c1-16-5-6-18(28(37)34-20-3-2-4-21(14-20)40-29(30,31)32)11-19(16)13-25-35-22-9-10-33-27(22)26(36-25)17-7-8-23-24(12-17)39-15-38-23/h2-12,14,33H,13,15H2,1H3,(H,34,37). The summed E-state index contributed by atoms with van der Waals surface area (Å²) >= 11 is 0. The third-order valence-corrected chi connectivity index (χ3v) is 6.38. The van der Waals surface area contributed by atoms with Crippen LogP contribution in [0.25, 0.3) is 22.3 Å². The van der Waals surface area contributed by atoms with Crippen molar-refractivity contribution in [1.29, 1.82) is 0 Å². The van der Waals surface area contributed by atoms with Gasteiger partial charge >= 0.3 is 6.36 Å². The van der Waals surface area contributed by atoms with Crippen LogP contribution in [0.5, 0.6) is 17.2 Å². The number of anilines is 1. The molecule has 0 unspecified atom stereocenters. The summed E-state index contributed by atoms with van der Waals surface area (Å²) in [6.45, 7) is 2.09. The normalized spacial score (nSPS) is 12.5. The molecule has 6 rings (SSSR count). The van der Waals surface area contributed by atoms with Gasteiger partial charge in [-0.05, 0) is 66.6 Å². The number of hydrogen-bond donors (Lipinski definition) is 2. The number of amides is 1. The molecule has 0 saturated carbocycles. The maximum Gasteiger partial charge on any atom is 0.573 e. The lowest BCUT2D eigenvalue weighted by Crippen LogP contribution is -2.17. The zero-order valence-corrected chi connectivity index (χ0v) is 21.0. The van der Waals surface area contributed by atoms with Crippen molar-refractivity contribution in [1.82, 2.24) is 15.0 Å². The average molecular weight is 547 g/mol. The van der Waals surface area contributed by atoms with Gasteiger partial charge in [0.2, 0.25) is 6.79 Å². The molecular weight excluding hydrogens is 525 g/mol. The first kappa shape index (κ1) is 25.2. The summed E-state index contributed by atoms with van der Waals surface area (Å²) in [5.41, 5.74) is 5.32. The summed E-state index contributed by atoms with van der Waals surface area (Å²) in [6.07, 6.45) is -2.69. The van der Waals surface area contributed by atoms with Gasteiger partial charge in [0, 0.05) is 35.5 Å².